The molecule has 18 heavy (non-hydrogen) atoms. The first-order valence-corrected chi connectivity index (χ1v) is 6.80. The normalized spacial score (nSPS) is 10.8. The Morgan fingerprint density at radius 2 is 2.00 bits per heavy atom. The number of aryl methyl sites for hydroxylation is 1. The van der Waals surface area contributed by atoms with Gasteiger partial charge in [-0.1, -0.05) is 48.1 Å². The van der Waals surface area contributed by atoms with Crippen molar-refractivity contribution in [1.29, 1.82) is 5.26 Å². The SMILES string of the molecule is CCCCn1c(Cl)c(C#N)c2c(Cl)cc(Cl)cc21. The summed E-state index contributed by atoms with van der Waals surface area (Å²) in [5.74, 6) is 0. The Bertz CT molecular complexity index is 638. The summed E-state index contributed by atoms with van der Waals surface area (Å²) < 4.78 is 1.90. The molecule has 5 heteroatoms. The van der Waals surface area contributed by atoms with Gasteiger partial charge in [0, 0.05) is 17.0 Å². The summed E-state index contributed by atoms with van der Waals surface area (Å²) in [6.45, 7) is 2.86. The third-order valence-corrected chi connectivity index (χ3v) is 3.77. The lowest BCUT2D eigenvalue weighted by Gasteiger charge is -2.06. The number of halogens is 3. The third-order valence-electron chi connectivity index (χ3n) is 2.87. The molecule has 94 valence electrons. The van der Waals surface area contributed by atoms with Crippen molar-refractivity contribution < 1.29 is 0 Å². The van der Waals surface area contributed by atoms with Gasteiger partial charge in [0.1, 0.15) is 11.2 Å². The number of nitriles is 1. The van der Waals surface area contributed by atoms with Crippen LogP contribution in [-0.2, 0) is 6.54 Å². The zero-order chi connectivity index (χ0) is 13.3. The molecule has 0 fully saturated rings. The monoisotopic (exact) mass is 300 g/mol. The van der Waals surface area contributed by atoms with Crippen LogP contribution in [0.2, 0.25) is 15.2 Å². The highest BCUT2D eigenvalue weighted by Gasteiger charge is 2.18. The van der Waals surface area contributed by atoms with Gasteiger partial charge >= 0.3 is 0 Å². The van der Waals surface area contributed by atoms with Crippen LogP contribution in [0.15, 0.2) is 12.1 Å². The molecule has 0 unspecified atom stereocenters. The summed E-state index contributed by atoms with van der Waals surface area (Å²) in [5, 5.41) is 11.3. The predicted octanol–water partition coefficient (Wildman–Crippen LogP) is 5.27. The van der Waals surface area contributed by atoms with Crippen LogP contribution >= 0.6 is 34.8 Å². The number of unbranched alkanes of at least 4 members (excludes halogenated alkanes) is 1. The van der Waals surface area contributed by atoms with Crippen LogP contribution in [0, 0.1) is 11.3 Å². The van der Waals surface area contributed by atoms with Gasteiger partial charge < -0.3 is 4.57 Å². The lowest BCUT2D eigenvalue weighted by Crippen LogP contribution is -1.97. The number of aromatic nitrogens is 1. The zero-order valence-corrected chi connectivity index (χ0v) is 12.1. The van der Waals surface area contributed by atoms with E-state index in [0.717, 1.165) is 24.9 Å². The highest BCUT2D eigenvalue weighted by Crippen LogP contribution is 2.36. The second kappa shape index (κ2) is 5.40. The molecule has 0 saturated carbocycles. The van der Waals surface area contributed by atoms with Crippen molar-refractivity contribution >= 4 is 45.7 Å². The van der Waals surface area contributed by atoms with Crippen molar-refractivity contribution in [2.75, 3.05) is 0 Å². The van der Waals surface area contributed by atoms with Crippen LogP contribution in [-0.4, -0.2) is 4.57 Å². The Labute approximate surface area is 121 Å². The van der Waals surface area contributed by atoms with Crippen molar-refractivity contribution in [2.24, 2.45) is 0 Å². The molecular formula is C13H11Cl3N2. The van der Waals surface area contributed by atoms with E-state index in [1.54, 1.807) is 12.1 Å². The van der Waals surface area contributed by atoms with E-state index in [2.05, 4.69) is 13.0 Å². The number of rotatable bonds is 3. The number of nitrogens with zero attached hydrogens (tertiary/aromatic N) is 2. The second-order valence-electron chi connectivity index (χ2n) is 4.06. The largest absolute Gasteiger partial charge is 0.330 e. The standard InChI is InChI=1S/C13H11Cl3N2/c1-2-3-4-18-11-6-8(14)5-10(15)12(11)9(7-17)13(18)16/h5-6H,2-4H2,1H3. The fourth-order valence-corrected chi connectivity index (χ4v) is 2.89. The minimum atomic E-state index is 0.421. The van der Waals surface area contributed by atoms with Gasteiger partial charge in [-0.05, 0) is 18.6 Å². The molecule has 2 aromatic rings. The van der Waals surface area contributed by atoms with E-state index in [4.69, 9.17) is 34.8 Å². The van der Waals surface area contributed by atoms with Gasteiger partial charge in [0.25, 0.3) is 0 Å². The molecule has 0 atom stereocenters. The lowest BCUT2D eigenvalue weighted by atomic mass is 10.2. The van der Waals surface area contributed by atoms with Crippen molar-refractivity contribution in [3.05, 3.63) is 32.9 Å². The van der Waals surface area contributed by atoms with E-state index < -0.39 is 0 Å². The van der Waals surface area contributed by atoms with E-state index in [1.807, 2.05) is 4.57 Å². The minimum Gasteiger partial charge on any atom is -0.330 e. The first kappa shape index (κ1) is 13.5. The summed E-state index contributed by atoms with van der Waals surface area (Å²) in [5.41, 5.74) is 1.24. The zero-order valence-electron chi connectivity index (χ0n) is 9.80. The highest BCUT2D eigenvalue weighted by molar-refractivity contribution is 6.40. The molecule has 0 aliphatic heterocycles. The van der Waals surface area contributed by atoms with Crippen molar-refractivity contribution in [1.82, 2.24) is 4.57 Å². The van der Waals surface area contributed by atoms with Crippen LogP contribution in [0.3, 0.4) is 0 Å². The molecular weight excluding hydrogens is 291 g/mol. The van der Waals surface area contributed by atoms with Gasteiger partial charge in [-0.3, -0.25) is 0 Å². The summed E-state index contributed by atoms with van der Waals surface area (Å²) in [6.07, 6.45) is 2.03. The van der Waals surface area contributed by atoms with Gasteiger partial charge in [0.15, 0.2) is 0 Å². The maximum atomic E-state index is 9.21. The molecule has 2 nitrogen and oxygen atoms in total. The molecule has 0 bridgehead atoms. The first-order chi connectivity index (χ1) is 8.60. The Morgan fingerprint density at radius 1 is 1.28 bits per heavy atom. The number of hydrogen-bond donors (Lipinski definition) is 0. The number of benzene rings is 1. The summed E-state index contributed by atoms with van der Waals surface area (Å²) in [4.78, 5) is 0. The van der Waals surface area contributed by atoms with E-state index in [9.17, 15) is 5.26 Å². The molecule has 1 aromatic carbocycles. The first-order valence-electron chi connectivity index (χ1n) is 5.67. The maximum Gasteiger partial charge on any atom is 0.128 e. The molecule has 0 N–H and O–H groups in total. The van der Waals surface area contributed by atoms with Crippen LogP contribution < -0.4 is 0 Å². The maximum absolute atomic E-state index is 9.21. The summed E-state index contributed by atoms with van der Waals surface area (Å²) in [6, 6.07) is 5.54. The summed E-state index contributed by atoms with van der Waals surface area (Å²) >= 11 is 18.4. The van der Waals surface area contributed by atoms with E-state index in [0.29, 0.717) is 26.1 Å². The Balaban J connectivity index is 2.77. The molecule has 2 rings (SSSR count). The lowest BCUT2D eigenvalue weighted by molar-refractivity contribution is 0.650. The smallest absolute Gasteiger partial charge is 0.128 e. The van der Waals surface area contributed by atoms with Crippen molar-refractivity contribution in [3.8, 4) is 6.07 Å². The second-order valence-corrected chi connectivity index (χ2v) is 5.27. The Kier molecular flexibility index (Phi) is 4.07. The van der Waals surface area contributed by atoms with Crippen LogP contribution in [0.25, 0.3) is 10.9 Å². The molecule has 0 saturated heterocycles. The van der Waals surface area contributed by atoms with E-state index >= 15 is 0 Å². The van der Waals surface area contributed by atoms with Gasteiger partial charge in [0.05, 0.1) is 16.1 Å². The molecule has 0 spiro atoms. The minimum absolute atomic E-state index is 0.421. The molecule has 0 radical (unpaired) electrons. The van der Waals surface area contributed by atoms with Crippen molar-refractivity contribution in [3.63, 3.8) is 0 Å². The van der Waals surface area contributed by atoms with Gasteiger partial charge in [-0.25, -0.2) is 0 Å². The number of hydrogen-bond acceptors (Lipinski definition) is 1. The Hall–Kier alpha value is -0.880. The summed E-state index contributed by atoms with van der Waals surface area (Å²) in [7, 11) is 0. The van der Waals surface area contributed by atoms with Crippen molar-refractivity contribution in [2.45, 2.75) is 26.3 Å². The highest BCUT2D eigenvalue weighted by atomic mass is 35.5. The number of fused-ring (bicyclic) bond motifs is 1. The fraction of sp³-hybridized carbons (Fsp3) is 0.308. The molecule has 0 aliphatic carbocycles. The molecule has 0 aliphatic rings. The average molecular weight is 302 g/mol. The predicted molar refractivity (Wildman–Crippen MR) is 76.6 cm³/mol. The van der Waals surface area contributed by atoms with Gasteiger partial charge in [-0.2, -0.15) is 5.26 Å². The van der Waals surface area contributed by atoms with Crippen LogP contribution in [0.5, 0.6) is 0 Å². The van der Waals surface area contributed by atoms with Gasteiger partial charge in [0.2, 0.25) is 0 Å². The van der Waals surface area contributed by atoms with Gasteiger partial charge in [-0.15, -0.1) is 0 Å². The quantitative estimate of drug-likeness (QED) is 0.759. The van der Waals surface area contributed by atoms with E-state index in [-0.39, 0.29) is 0 Å². The topological polar surface area (TPSA) is 28.7 Å². The van der Waals surface area contributed by atoms with E-state index in [1.165, 1.54) is 0 Å². The Morgan fingerprint density at radius 3 is 2.61 bits per heavy atom. The third kappa shape index (κ3) is 2.19. The van der Waals surface area contributed by atoms with Crippen LogP contribution in [0.1, 0.15) is 25.3 Å². The molecule has 0 amide bonds. The van der Waals surface area contributed by atoms with Crippen LogP contribution in [0.4, 0.5) is 0 Å². The molecule has 1 heterocycles. The fourth-order valence-electron chi connectivity index (χ4n) is 2.00. The molecule has 1 aromatic heterocycles. The average Bonchev–Trinajstić information content (AvgIpc) is 2.59.